The summed E-state index contributed by atoms with van der Waals surface area (Å²) in [6, 6.07) is 7.80. The fraction of sp³-hybridized carbons (Fsp3) is 0.333. The van der Waals surface area contributed by atoms with Gasteiger partial charge in [-0.3, -0.25) is 14.6 Å². The van der Waals surface area contributed by atoms with Crippen molar-refractivity contribution in [1.82, 2.24) is 9.78 Å². The van der Waals surface area contributed by atoms with E-state index in [-0.39, 0.29) is 16.9 Å². The van der Waals surface area contributed by atoms with Crippen LogP contribution in [0.5, 0.6) is 0 Å². The van der Waals surface area contributed by atoms with Crippen molar-refractivity contribution in [2.75, 3.05) is 0 Å². The number of aromatic amines is 1. The number of nitrogens with zero attached hydrogens (tertiary/aromatic N) is 2. The number of rotatable bonds is 2. The molecule has 0 bridgehead atoms. The lowest BCUT2D eigenvalue weighted by Crippen LogP contribution is -2.13. The zero-order valence-electron chi connectivity index (χ0n) is 12.1. The van der Waals surface area contributed by atoms with E-state index < -0.39 is 0 Å². The van der Waals surface area contributed by atoms with Crippen LogP contribution in [0.25, 0.3) is 0 Å². The fourth-order valence-corrected chi connectivity index (χ4v) is 3.69. The second-order valence-electron chi connectivity index (χ2n) is 5.32. The fourth-order valence-electron chi connectivity index (χ4n) is 2.46. The molecule has 2 aromatic rings. The Labute approximate surface area is 132 Å². The lowest BCUT2D eigenvalue weighted by Gasteiger charge is -2.21. The molecular formula is C15H16ClN3OS. The van der Waals surface area contributed by atoms with Crippen LogP contribution in [0.2, 0.25) is 5.02 Å². The SMILES string of the molecule is CC1=Nc2c(c(=O)[nH]n2C(C)C)[C@H](c2ccc(Cl)cc2)S1. The molecule has 1 atom stereocenters. The molecule has 0 aliphatic carbocycles. The van der Waals surface area contributed by atoms with Crippen LogP contribution >= 0.6 is 23.4 Å². The molecule has 1 N–H and O–H groups in total. The minimum atomic E-state index is -0.0672. The maximum absolute atomic E-state index is 12.4. The van der Waals surface area contributed by atoms with Crippen LogP contribution in [0.1, 0.15) is 43.2 Å². The van der Waals surface area contributed by atoms with Gasteiger partial charge in [-0.25, -0.2) is 4.99 Å². The molecule has 0 spiro atoms. The van der Waals surface area contributed by atoms with Crippen LogP contribution in [0.4, 0.5) is 5.82 Å². The highest BCUT2D eigenvalue weighted by Gasteiger charge is 2.30. The third-order valence-electron chi connectivity index (χ3n) is 3.44. The molecule has 0 radical (unpaired) electrons. The molecule has 0 fully saturated rings. The van der Waals surface area contributed by atoms with E-state index >= 15 is 0 Å². The molecule has 21 heavy (non-hydrogen) atoms. The first-order valence-corrected chi connectivity index (χ1v) is 8.05. The van der Waals surface area contributed by atoms with E-state index in [1.807, 2.05) is 49.7 Å². The predicted octanol–water partition coefficient (Wildman–Crippen LogP) is 4.30. The van der Waals surface area contributed by atoms with E-state index in [4.69, 9.17) is 11.6 Å². The maximum atomic E-state index is 12.4. The molecule has 2 heterocycles. The van der Waals surface area contributed by atoms with Gasteiger partial charge in [0.2, 0.25) is 0 Å². The first-order valence-electron chi connectivity index (χ1n) is 6.79. The van der Waals surface area contributed by atoms with Crippen molar-refractivity contribution < 1.29 is 0 Å². The topological polar surface area (TPSA) is 50.1 Å². The first-order chi connectivity index (χ1) is 9.97. The van der Waals surface area contributed by atoms with Crippen molar-refractivity contribution in [3.05, 3.63) is 50.8 Å². The quantitative estimate of drug-likeness (QED) is 0.896. The molecule has 0 unspecified atom stereocenters. The van der Waals surface area contributed by atoms with Crippen LogP contribution in [0.15, 0.2) is 34.1 Å². The number of halogens is 1. The van der Waals surface area contributed by atoms with Crippen molar-refractivity contribution in [3.8, 4) is 0 Å². The van der Waals surface area contributed by atoms with E-state index in [1.54, 1.807) is 11.8 Å². The molecule has 0 saturated carbocycles. The molecule has 6 heteroatoms. The van der Waals surface area contributed by atoms with Crippen LogP contribution in [-0.2, 0) is 0 Å². The van der Waals surface area contributed by atoms with E-state index in [2.05, 4.69) is 10.1 Å². The smallest absolute Gasteiger partial charge is 0.268 e. The molecule has 4 nitrogen and oxygen atoms in total. The summed E-state index contributed by atoms with van der Waals surface area (Å²) in [5.74, 6) is 0.742. The largest absolute Gasteiger partial charge is 0.271 e. The monoisotopic (exact) mass is 321 g/mol. The molecule has 1 aliphatic rings. The number of fused-ring (bicyclic) bond motifs is 1. The van der Waals surface area contributed by atoms with Gasteiger partial charge >= 0.3 is 0 Å². The Morgan fingerprint density at radius 1 is 1.33 bits per heavy atom. The van der Waals surface area contributed by atoms with Crippen LogP contribution in [0, 0.1) is 0 Å². The second-order valence-corrected chi connectivity index (χ2v) is 7.06. The van der Waals surface area contributed by atoms with Gasteiger partial charge in [0.05, 0.1) is 15.9 Å². The Morgan fingerprint density at radius 3 is 2.62 bits per heavy atom. The van der Waals surface area contributed by atoms with Crippen molar-refractivity contribution in [2.24, 2.45) is 4.99 Å². The third-order valence-corrected chi connectivity index (χ3v) is 4.87. The standard InChI is InChI=1S/C15H16ClN3OS/c1-8(2)19-14-12(15(20)18-19)13(21-9(3)17-14)10-4-6-11(16)7-5-10/h4-8,13H,1-3H3,(H,18,20)/t13-/m0/s1. The highest BCUT2D eigenvalue weighted by molar-refractivity contribution is 8.14. The zero-order chi connectivity index (χ0) is 15.1. The average Bonchev–Trinajstić information content (AvgIpc) is 2.76. The van der Waals surface area contributed by atoms with Gasteiger partial charge in [-0.15, -0.1) is 0 Å². The van der Waals surface area contributed by atoms with Crippen LogP contribution < -0.4 is 5.56 Å². The van der Waals surface area contributed by atoms with Gasteiger partial charge in [0, 0.05) is 11.1 Å². The number of benzene rings is 1. The minimum Gasteiger partial charge on any atom is -0.268 e. The number of hydrogen-bond acceptors (Lipinski definition) is 3. The predicted molar refractivity (Wildman–Crippen MR) is 89.1 cm³/mol. The number of aromatic nitrogens is 2. The number of thioether (sulfide) groups is 1. The molecule has 110 valence electrons. The Hall–Kier alpha value is -1.46. The van der Waals surface area contributed by atoms with Gasteiger partial charge in [0.1, 0.15) is 0 Å². The van der Waals surface area contributed by atoms with Gasteiger partial charge in [0.15, 0.2) is 5.82 Å². The summed E-state index contributed by atoms with van der Waals surface area (Å²) in [4.78, 5) is 16.9. The van der Waals surface area contributed by atoms with Gasteiger partial charge in [-0.2, -0.15) is 0 Å². The van der Waals surface area contributed by atoms with E-state index in [0.29, 0.717) is 5.02 Å². The number of nitrogens with one attached hydrogen (secondary N) is 1. The second kappa shape index (κ2) is 5.39. The minimum absolute atomic E-state index is 0.0430. The lowest BCUT2D eigenvalue weighted by atomic mass is 10.1. The van der Waals surface area contributed by atoms with E-state index in [1.165, 1.54) is 0 Å². The average molecular weight is 322 g/mol. The summed E-state index contributed by atoms with van der Waals surface area (Å²) < 4.78 is 1.84. The summed E-state index contributed by atoms with van der Waals surface area (Å²) in [5.41, 5.74) is 1.72. The van der Waals surface area contributed by atoms with Crippen molar-refractivity contribution in [2.45, 2.75) is 32.1 Å². The molecule has 0 amide bonds. The van der Waals surface area contributed by atoms with E-state index in [9.17, 15) is 4.79 Å². The number of H-pyrrole nitrogens is 1. The van der Waals surface area contributed by atoms with Gasteiger partial charge in [-0.1, -0.05) is 35.5 Å². The third kappa shape index (κ3) is 2.56. The van der Waals surface area contributed by atoms with Gasteiger partial charge in [0.25, 0.3) is 5.56 Å². The molecule has 3 rings (SSSR count). The maximum Gasteiger partial charge on any atom is 0.271 e. The van der Waals surface area contributed by atoms with Gasteiger partial charge < -0.3 is 0 Å². The Bertz CT molecular complexity index is 758. The van der Waals surface area contributed by atoms with Crippen LogP contribution in [-0.4, -0.2) is 14.8 Å². The summed E-state index contributed by atoms with van der Waals surface area (Å²) in [6.45, 7) is 6.03. The van der Waals surface area contributed by atoms with E-state index in [0.717, 1.165) is 22.0 Å². The molecule has 0 saturated heterocycles. The first kappa shape index (κ1) is 14.5. The highest BCUT2D eigenvalue weighted by atomic mass is 35.5. The summed E-state index contributed by atoms with van der Waals surface area (Å²) in [7, 11) is 0. The van der Waals surface area contributed by atoms with Crippen molar-refractivity contribution in [1.29, 1.82) is 0 Å². The van der Waals surface area contributed by atoms with Crippen LogP contribution in [0.3, 0.4) is 0 Å². The molecule has 1 aliphatic heterocycles. The molecular weight excluding hydrogens is 306 g/mol. The lowest BCUT2D eigenvalue weighted by molar-refractivity contribution is 0.533. The summed E-state index contributed by atoms with van der Waals surface area (Å²) in [6.07, 6.45) is 0. The Balaban J connectivity index is 2.18. The van der Waals surface area contributed by atoms with Crippen molar-refractivity contribution >= 4 is 34.2 Å². The molecule has 1 aromatic heterocycles. The summed E-state index contributed by atoms with van der Waals surface area (Å²) >= 11 is 7.55. The molecule has 1 aromatic carbocycles. The number of hydrogen-bond donors (Lipinski definition) is 1. The highest BCUT2D eigenvalue weighted by Crippen LogP contribution is 2.44. The number of aliphatic imine (C=N–C) groups is 1. The Kier molecular flexibility index (Phi) is 3.71. The zero-order valence-corrected chi connectivity index (χ0v) is 13.6. The summed E-state index contributed by atoms with van der Waals surface area (Å²) in [5, 5.41) is 4.51. The van der Waals surface area contributed by atoms with Crippen molar-refractivity contribution in [3.63, 3.8) is 0 Å². The van der Waals surface area contributed by atoms with Gasteiger partial charge in [-0.05, 0) is 38.5 Å². The Morgan fingerprint density at radius 2 is 2.00 bits per heavy atom. The normalized spacial score (nSPS) is 17.8.